The van der Waals surface area contributed by atoms with Gasteiger partial charge in [-0.25, -0.2) is 8.42 Å². The van der Waals surface area contributed by atoms with Crippen molar-refractivity contribution >= 4 is 21.6 Å². The van der Waals surface area contributed by atoms with Gasteiger partial charge >= 0.3 is 0 Å². The Balaban J connectivity index is 2.70. The molecule has 0 fully saturated rings. The van der Waals surface area contributed by atoms with Gasteiger partial charge in [-0.15, -0.1) is 0 Å². The van der Waals surface area contributed by atoms with Gasteiger partial charge in [-0.1, -0.05) is 25.1 Å². The summed E-state index contributed by atoms with van der Waals surface area (Å²) in [4.78, 5) is 12.1. The van der Waals surface area contributed by atoms with Gasteiger partial charge in [-0.3, -0.25) is 4.79 Å². The Morgan fingerprint density at radius 3 is 2.59 bits per heavy atom. The molecule has 0 atom stereocenters. The summed E-state index contributed by atoms with van der Waals surface area (Å²) < 4.78 is 29.6. The first-order chi connectivity index (χ1) is 10.4. The number of nitrogens with zero attached hydrogens (tertiary/aromatic N) is 1. The van der Waals surface area contributed by atoms with E-state index in [9.17, 15) is 13.2 Å². The van der Waals surface area contributed by atoms with E-state index < -0.39 is 10.0 Å². The zero-order chi connectivity index (χ0) is 16.6. The fraction of sp³-hybridized carbons (Fsp3) is 0.533. The molecule has 1 rings (SSSR count). The fourth-order valence-corrected chi connectivity index (χ4v) is 2.86. The third kappa shape index (κ3) is 6.13. The van der Waals surface area contributed by atoms with E-state index in [4.69, 9.17) is 4.74 Å². The van der Waals surface area contributed by atoms with Gasteiger partial charge in [0.25, 0.3) is 0 Å². The van der Waals surface area contributed by atoms with Crippen molar-refractivity contribution < 1.29 is 17.9 Å². The Kier molecular flexibility index (Phi) is 7.50. The molecule has 0 saturated carbocycles. The quantitative estimate of drug-likeness (QED) is 0.697. The van der Waals surface area contributed by atoms with E-state index in [1.807, 2.05) is 31.2 Å². The minimum absolute atomic E-state index is 0.194. The number of rotatable bonds is 9. The number of anilines is 1. The van der Waals surface area contributed by atoms with Crippen molar-refractivity contribution in [1.29, 1.82) is 0 Å². The second-order valence-electron chi connectivity index (χ2n) is 5.00. The highest BCUT2D eigenvalue weighted by Gasteiger charge is 2.20. The lowest BCUT2D eigenvalue weighted by Gasteiger charge is -2.19. The molecule has 0 unspecified atom stereocenters. The number of sulfonamides is 1. The molecule has 0 aliphatic rings. The Morgan fingerprint density at radius 1 is 1.32 bits per heavy atom. The maximum atomic E-state index is 12.1. The number of aryl methyl sites for hydroxylation is 1. The SMILES string of the molecule is CCc1ccccc1NC(=O)CN(CCCOC)S(C)(=O)=O. The summed E-state index contributed by atoms with van der Waals surface area (Å²) in [6.07, 6.45) is 2.44. The molecule has 1 amide bonds. The molecule has 7 heteroatoms. The fourth-order valence-electron chi connectivity index (χ4n) is 2.05. The molecular formula is C15H24N2O4S. The highest BCUT2D eigenvalue weighted by Crippen LogP contribution is 2.15. The summed E-state index contributed by atoms with van der Waals surface area (Å²) in [7, 11) is -1.88. The van der Waals surface area contributed by atoms with Crippen molar-refractivity contribution in [3.8, 4) is 0 Å². The predicted molar refractivity (Wildman–Crippen MR) is 87.4 cm³/mol. The van der Waals surface area contributed by atoms with Crippen LogP contribution in [0, 0.1) is 0 Å². The largest absolute Gasteiger partial charge is 0.385 e. The zero-order valence-electron chi connectivity index (χ0n) is 13.3. The van der Waals surface area contributed by atoms with Crippen LogP contribution in [-0.2, 0) is 26.0 Å². The Bertz CT molecular complexity index is 587. The van der Waals surface area contributed by atoms with E-state index >= 15 is 0 Å². The van der Waals surface area contributed by atoms with Crippen LogP contribution < -0.4 is 5.32 Å². The molecule has 1 aromatic rings. The summed E-state index contributed by atoms with van der Waals surface area (Å²) in [5.41, 5.74) is 1.74. The molecule has 0 bridgehead atoms. The summed E-state index contributed by atoms with van der Waals surface area (Å²) in [5, 5.41) is 2.78. The monoisotopic (exact) mass is 328 g/mol. The van der Waals surface area contributed by atoms with Gasteiger partial charge in [-0.2, -0.15) is 4.31 Å². The van der Waals surface area contributed by atoms with E-state index in [1.54, 1.807) is 7.11 Å². The third-order valence-corrected chi connectivity index (χ3v) is 4.47. The average Bonchev–Trinajstić information content (AvgIpc) is 2.46. The molecule has 0 aliphatic carbocycles. The summed E-state index contributed by atoms with van der Waals surface area (Å²) in [6, 6.07) is 7.48. The Labute approximate surface area is 132 Å². The highest BCUT2D eigenvalue weighted by molar-refractivity contribution is 7.88. The van der Waals surface area contributed by atoms with Gasteiger partial charge in [0, 0.05) is 25.9 Å². The van der Waals surface area contributed by atoms with Crippen LogP contribution in [0.5, 0.6) is 0 Å². The Morgan fingerprint density at radius 2 is 2.00 bits per heavy atom. The maximum absolute atomic E-state index is 12.1. The second kappa shape index (κ2) is 8.87. The van der Waals surface area contributed by atoms with Crippen LogP contribution in [0.1, 0.15) is 18.9 Å². The number of ether oxygens (including phenoxy) is 1. The van der Waals surface area contributed by atoms with E-state index in [-0.39, 0.29) is 19.0 Å². The number of amides is 1. The van der Waals surface area contributed by atoms with Crippen molar-refractivity contribution in [3.05, 3.63) is 29.8 Å². The van der Waals surface area contributed by atoms with Gasteiger partial charge in [0.2, 0.25) is 15.9 Å². The molecule has 0 radical (unpaired) electrons. The van der Waals surface area contributed by atoms with Crippen molar-refractivity contribution in [2.24, 2.45) is 0 Å². The van der Waals surface area contributed by atoms with Crippen molar-refractivity contribution in [2.45, 2.75) is 19.8 Å². The van der Waals surface area contributed by atoms with E-state index in [0.29, 0.717) is 13.0 Å². The number of nitrogens with one attached hydrogen (secondary N) is 1. The van der Waals surface area contributed by atoms with Crippen LogP contribution in [0.25, 0.3) is 0 Å². The van der Waals surface area contributed by atoms with E-state index in [0.717, 1.165) is 28.2 Å². The van der Waals surface area contributed by atoms with Crippen LogP contribution in [0.15, 0.2) is 24.3 Å². The second-order valence-corrected chi connectivity index (χ2v) is 6.98. The van der Waals surface area contributed by atoms with Gasteiger partial charge in [0.05, 0.1) is 12.8 Å². The van der Waals surface area contributed by atoms with Gasteiger partial charge < -0.3 is 10.1 Å². The standard InChI is InChI=1S/C15H24N2O4S/c1-4-13-8-5-6-9-14(13)16-15(18)12-17(22(3,19)20)10-7-11-21-2/h5-6,8-9H,4,7,10-12H2,1-3H3,(H,16,18). The minimum Gasteiger partial charge on any atom is -0.385 e. The van der Waals surface area contributed by atoms with Crippen LogP contribution in [-0.4, -0.2) is 51.7 Å². The number of benzene rings is 1. The van der Waals surface area contributed by atoms with Crippen molar-refractivity contribution in [2.75, 3.05) is 38.4 Å². The smallest absolute Gasteiger partial charge is 0.239 e. The molecule has 0 aromatic heterocycles. The number of hydrogen-bond donors (Lipinski definition) is 1. The lowest BCUT2D eigenvalue weighted by Crippen LogP contribution is -2.38. The molecule has 0 spiro atoms. The summed E-state index contributed by atoms with van der Waals surface area (Å²) >= 11 is 0. The summed E-state index contributed by atoms with van der Waals surface area (Å²) in [6.45, 7) is 2.51. The molecule has 6 nitrogen and oxygen atoms in total. The molecular weight excluding hydrogens is 304 g/mol. The molecule has 22 heavy (non-hydrogen) atoms. The molecule has 1 aromatic carbocycles. The molecule has 124 valence electrons. The normalized spacial score (nSPS) is 11.6. The van der Waals surface area contributed by atoms with E-state index in [2.05, 4.69) is 5.32 Å². The first-order valence-corrected chi connectivity index (χ1v) is 9.05. The van der Waals surface area contributed by atoms with Crippen molar-refractivity contribution in [3.63, 3.8) is 0 Å². The van der Waals surface area contributed by atoms with Gasteiger partial charge in [0.1, 0.15) is 0 Å². The topological polar surface area (TPSA) is 75.7 Å². The third-order valence-electron chi connectivity index (χ3n) is 3.22. The van der Waals surface area contributed by atoms with Gasteiger partial charge in [-0.05, 0) is 24.5 Å². The first kappa shape index (κ1) is 18.6. The van der Waals surface area contributed by atoms with Crippen LogP contribution >= 0.6 is 0 Å². The molecule has 0 aliphatic heterocycles. The number of para-hydroxylation sites is 1. The lowest BCUT2D eigenvalue weighted by atomic mass is 10.1. The number of carbonyl (C=O) groups excluding carboxylic acids is 1. The van der Waals surface area contributed by atoms with Crippen LogP contribution in [0.3, 0.4) is 0 Å². The molecule has 0 saturated heterocycles. The van der Waals surface area contributed by atoms with Crippen molar-refractivity contribution in [1.82, 2.24) is 4.31 Å². The highest BCUT2D eigenvalue weighted by atomic mass is 32.2. The predicted octanol–water partition coefficient (Wildman–Crippen LogP) is 1.49. The molecule has 0 heterocycles. The number of carbonyl (C=O) groups is 1. The first-order valence-electron chi connectivity index (χ1n) is 7.20. The Hall–Kier alpha value is -1.44. The minimum atomic E-state index is -3.43. The zero-order valence-corrected chi connectivity index (χ0v) is 14.1. The van der Waals surface area contributed by atoms with Crippen LogP contribution in [0.4, 0.5) is 5.69 Å². The number of methoxy groups -OCH3 is 1. The van der Waals surface area contributed by atoms with Crippen LogP contribution in [0.2, 0.25) is 0 Å². The average molecular weight is 328 g/mol. The maximum Gasteiger partial charge on any atom is 0.239 e. The lowest BCUT2D eigenvalue weighted by molar-refractivity contribution is -0.116. The van der Waals surface area contributed by atoms with E-state index in [1.165, 1.54) is 0 Å². The van der Waals surface area contributed by atoms with Gasteiger partial charge in [0.15, 0.2) is 0 Å². The summed E-state index contributed by atoms with van der Waals surface area (Å²) in [5.74, 6) is -0.344. The molecule has 1 N–H and O–H groups in total. The number of hydrogen-bond acceptors (Lipinski definition) is 4.